The number of hydrogen-bond donors (Lipinski definition) is 1. The Bertz CT molecular complexity index is 895. The minimum atomic E-state index is -0.408. The zero-order valence-corrected chi connectivity index (χ0v) is 16.7. The van der Waals surface area contributed by atoms with E-state index in [0.29, 0.717) is 17.3 Å². The third kappa shape index (κ3) is 2.93. The van der Waals surface area contributed by atoms with Crippen molar-refractivity contribution < 1.29 is 9.59 Å². The van der Waals surface area contributed by atoms with Crippen LogP contribution in [0.15, 0.2) is 23.6 Å². The Morgan fingerprint density at radius 1 is 1.35 bits per heavy atom. The SMILES string of the molecule is Cc1ccc(-c2csc(NC(=O)C3CSC4(C)CCC(=O)N34)n2)cc1C. The molecule has 2 fully saturated rings. The summed E-state index contributed by atoms with van der Waals surface area (Å²) < 4.78 is 0. The molecule has 2 aromatic rings. The standard InChI is InChI=1S/C19H21N3O2S2/c1-11-4-5-13(8-12(11)2)14-9-25-18(20-14)21-17(24)15-10-26-19(3)7-6-16(23)22(15)19/h4-5,8-9,15H,6-7,10H2,1-3H3,(H,20,21,24). The number of nitrogens with zero attached hydrogens (tertiary/aromatic N) is 2. The second-order valence-corrected chi connectivity index (χ2v) is 9.45. The molecule has 0 aliphatic carbocycles. The first-order valence-electron chi connectivity index (χ1n) is 8.67. The van der Waals surface area contributed by atoms with E-state index in [0.717, 1.165) is 17.7 Å². The molecule has 2 unspecified atom stereocenters. The molecule has 0 saturated carbocycles. The number of carbonyl (C=O) groups excluding carboxylic acids is 2. The molecule has 2 saturated heterocycles. The zero-order chi connectivity index (χ0) is 18.5. The van der Waals surface area contributed by atoms with E-state index in [2.05, 4.69) is 43.2 Å². The summed E-state index contributed by atoms with van der Waals surface area (Å²) in [5, 5.41) is 5.44. The van der Waals surface area contributed by atoms with Crippen LogP contribution in [0.5, 0.6) is 0 Å². The summed E-state index contributed by atoms with van der Waals surface area (Å²) in [4.78, 5) is 31.0. The average Bonchev–Trinajstić information content (AvgIpc) is 3.27. The molecule has 26 heavy (non-hydrogen) atoms. The fraction of sp³-hybridized carbons (Fsp3) is 0.421. The first kappa shape index (κ1) is 17.5. The Balaban J connectivity index is 1.50. The van der Waals surface area contributed by atoms with E-state index in [4.69, 9.17) is 0 Å². The molecule has 2 aliphatic rings. The van der Waals surface area contributed by atoms with Crippen LogP contribution in [0.1, 0.15) is 30.9 Å². The van der Waals surface area contributed by atoms with Crippen molar-refractivity contribution in [1.29, 1.82) is 0 Å². The molecule has 1 aromatic carbocycles. The summed E-state index contributed by atoms with van der Waals surface area (Å²) in [5.74, 6) is 0.578. The van der Waals surface area contributed by atoms with E-state index < -0.39 is 6.04 Å². The van der Waals surface area contributed by atoms with Crippen LogP contribution in [0.2, 0.25) is 0 Å². The molecule has 0 spiro atoms. The van der Waals surface area contributed by atoms with Crippen LogP contribution < -0.4 is 5.32 Å². The largest absolute Gasteiger partial charge is 0.315 e. The van der Waals surface area contributed by atoms with Gasteiger partial charge in [0.25, 0.3) is 0 Å². The van der Waals surface area contributed by atoms with Crippen LogP contribution in [0, 0.1) is 13.8 Å². The molecule has 2 amide bonds. The number of anilines is 1. The monoisotopic (exact) mass is 387 g/mol. The van der Waals surface area contributed by atoms with Crippen molar-refractivity contribution in [2.45, 2.75) is 44.5 Å². The topological polar surface area (TPSA) is 62.3 Å². The summed E-state index contributed by atoms with van der Waals surface area (Å²) in [6.07, 6.45) is 1.34. The van der Waals surface area contributed by atoms with Crippen molar-refractivity contribution in [3.05, 3.63) is 34.7 Å². The van der Waals surface area contributed by atoms with E-state index >= 15 is 0 Å². The molecule has 7 heteroatoms. The van der Waals surface area contributed by atoms with Gasteiger partial charge in [0.05, 0.1) is 10.6 Å². The lowest BCUT2D eigenvalue weighted by Crippen LogP contribution is -2.48. The van der Waals surface area contributed by atoms with Crippen LogP contribution in [-0.2, 0) is 9.59 Å². The van der Waals surface area contributed by atoms with Crippen LogP contribution in [-0.4, -0.2) is 38.4 Å². The van der Waals surface area contributed by atoms with Crippen molar-refractivity contribution in [3.63, 3.8) is 0 Å². The molecule has 3 heterocycles. The molecule has 2 atom stereocenters. The average molecular weight is 388 g/mol. The Labute approximate surface area is 161 Å². The number of hydrogen-bond acceptors (Lipinski definition) is 5. The highest BCUT2D eigenvalue weighted by Crippen LogP contribution is 2.47. The maximum Gasteiger partial charge on any atom is 0.249 e. The third-order valence-corrected chi connectivity index (χ3v) is 7.55. The van der Waals surface area contributed by atoms with Gasteiger partial charge >= 0.3 is 0 Å². The van der Waals surface area contributed by atoms with Gasteiger partial charge in [0, 0.05) is 23.1 Å². The Hall–Kier alpha value is -1.86. The number of thiazole rings is 1. The van der Waals surface area contributed by atoms with Crippen molar-refractivity contribution in [2.24, 2.45) is 0 Å². The fourth-order valence-electron chi connectivity index (χ4n) is 3.57. The van der Waals surface area contributed by atoms with Gasteiger partial charge in [-0.2, -0.15) is 0 Å². The van der Waals surface area contributed by atoms with Crippen molar-refractivity contribution >= 4 is 40.0 Å². The van der Waals surface area contributed by atoms with E-state index in [1.165, 1.54) is 22.5 Å². The highest BCUT2D eigenvalue weighted by Gasteiger charge is 2.52. The molecular weight excluding hydrogens is 366 g/mol. The van der Waals surface area contributed by atoms with Gasteiger partial charge in [0.1, 0.15) is 6.04 Å². The number of aryl methyl sites for hydroxylation is 2. The van der Waals surface area contributed by atoms with Gasteiger partial charge in [-0.3, -0.25) is 9.59 Å². The molecule has 5 nitrogen and oxygen atoms in total. The molecule has 4 rings (SSSR count). The van der Waals surface area contributed by atoms with Crippen LogP contribution in [0.3, 0.4) is 0 Å². The van der Waals surface area contributed by atoms with Gasteiger partial charge in [-0.1, -0.05) is 12.1 Å². The maximum absolute atomic E-state index is 12.7. The number of amides is 2. The quantitative estimate of drug-likeness (QED) is 0.870. The minimum Gasteiger partial charge on any atom is -0.315 e. The molecular formula is C19H21N3O2S2. The van der Waals surface area contributed by atoms with Crippen LogP contribution >= 0.6 is 23.1 Å². The second kappa shape index (κ2) is 6.39. The van der Waals surface area contributed by atoms with Crippen molar-refractivity contribution in [3.8, 4) is 11.3 Å². The lowest BCUT2D eigenvalue weighted by Gasteiger charge is -2.29. The van der Waals surface area contributed by atoms with Gasteiger partial charge in [0.2, 0.25) is 11.8 Å². The predicted molar refractivity (Wildman–Crippen MR) is 106 cm³/mol. The lowest BCUT2D eigenvalue weighted by molar-refractivity contribution is -0.135. The summed E-state index contributed by atoms with van der Waals surface area (Å²) >= 11 is 3.11. The first-order chi connectivity index (χ1) is 12.4. The van der Waals surface area contributed by atoms with E-state index in [-0.39, 0.29) is 16.7 Å². The number of thioether (sulfide) groups is 1. The van der Waals surface area contributed by atoms with E-state index in [1.54, 1.807) is 16.7 Å². The summed E-state index contributed by atoms with van der Waals surface area (Å²) in [6, 6.07) is 5.83. The highest BCUT2D eigenvalue weighted by atomic mass is 32.2. The fourth-order valence-corrected chi connectivity index (χ4v) is 5.72. The molecule has 0 radical (unpaired) electrons. The maximum atomic E-state index is 12.7. The van der Waals surface area contributed by atoms with Crippen LogP contribution in [0.4, 0.5) is 5.13 Å². The van der Waals surface area contributed by atoms with Crippen LogP contribution in [0.25, 0.3) is 11.3 Å². The van der Waals surface area contributed by atoms with Crippen molar-refractivity contribution in [2.75, 3.05) is 11.1 Å². The Kier molecular flexibility index (Phi) is 4.31. The summed E-state index contributed by atoms with van der Waals surface area (Å²) in [5.41, 5.74) is 4.37. The molecule has 136 valence electrons. The van der Waals surface area contributed by atoms with Gasteiger partial charge in [-0.25, -0.2) is 4.98 Å². The normalized spacial score (nSPS) is 24.8. The van der Waals surface area contributed by atoms with E-state index in [9.17, 15) is 9.59 Å². The number of fused-ring (bicyclic) bond motifs is 1. The highest BCUT2D eigenvalue weighted by molar-refractivity contribution is 8.01. The molecule has 2 aliphatic heterocycles. The van der Waals surface area contributed by atoms with Gasteiger partial charge in [-0.05, 0) is 44.4 Å². The first-order valence-corrected chi connectivity index (χ1v) is 10.5. The van der Waals surface area contributed by atoms with Gasteiger partial charge in [-0.15, -0.1) is 23.1 Å². The summed E-state index contributed by atoms with van der Waals surface area (Å²) in [7, 11) is 0. The molecule has 1 N–H and O–H groups in total. The number of nitrogens with one attached hydrogen (secondary N) is 1. The van der Waals surface area contributed by atoms with Gasteiger partial charge < -0.3 is 10.2 Å². The molecule has 1 aromatic heterocycles. The second-order valence-electron chi connectivity index (χ2n) is 7.09. The zero-order valence-electron chi connectivity index (χ0n) is 15.0. The molecule has 0 bridgehead atoms. The third-order valence-electron chi connectivity index (χ3n) is 5.28. The number of aromatic nitrogens is 1. The summed E-state index contributed by atoms with van der Waals surface area (Å²) in [6.45, 7) is 6.21. The Morgan fingerprint density at radius 3 is 2.92 bits per heavy atom. The number of benzene rings is 1. The minimum absolute atomic E-state index is 0.0765. The Morgan fingerprint density at radius 2 is 2.15 bits per heavy atom. The van der Waals surface area contributed by atoms with Crippen molar-refractivity contribution in [1.82, 2.24) is 9.88 Å². The van der Waals surface area contributed by atoms with Gasteiger partial charge in [0.15, 0.2) is 5.13 Å². The smallest absolute Gasteiger partial charge is 0.249 e. The lowest BCUT2D eigenvalue weighted by atomic mass is 10.1. The number of rotatable bonds is 3. The number of carbonyl (C=O) groups is 2. The predicted octanol–water partition coefficient (Wildman–Crippen LogP) is 3.82. The van der Waals surface area contributed by atoms with E-state index in [1.807, 2.05) is 11.4 Å².